The Bertz CT molecular complexity index is 140. The first-order valence-corrected chi connectivity index (χ1v) is 6.45. The summed E-state index contributed by atoms with van der Waals surface area (Å²) in [4.78, 5) is 0. The van der Waals surface area contributed by atoms with E-state index in [0.717, 1.165) is 38.3 Å². The highest BCUT2D eigenvalue weighted by molar-refractivity contribution is 6.18. The van der Waals surface area contributed by atoms with Crippen LogP contribution in [0.1, 0.15) is 40.0 Å². The number of methoxy groups -OCH3 is 1. The molecule has 0 aliphatic heterocycles. The van der Waals surface area contributed by atoms with Crippen molar-refractivity contribution in [3.8, 4) is 0 Å². The van der Waals surface area contributed by atoms with E-state index in [0.29, 0.717) is 6.04 Å². The van der Waals surface area contributed by atoms with Crippen LogP contribution in [0.2, 0.25) is 0 Å². The summed E-state index contributed by atoms with van der Waals surface area (Å²) in [5, 5.41) is 3.55. The van der Waals surface area contributed by atoms with Crippen LogP contribution in [-0.4, -0.2) is 32.2 Å². The lowest BCUT2D eigenvalue weighted by Gasteiger charge is -2.31. The second-order valence-corrected chi connectivity index (χ2v) is 4.67. The Labute approximate surface area is 99.7 Å². The quantitative estimate of drug-likeness (QED) is 0.621. The van der Waals surface area contributed by atoms with Crippen molar-refractivity contribution < 1.29 is 4.74 Å². The standard InChI is InChI=1S/C12H26ClNO/c1-5-12(6-2,9-13)10-14-11(3)7-8-15-4/h11,14H,5-10H2,1-4H3. The highest BCUT2D eigenvalue weighted by Gasteiger charge is 2.25. The molecule has 0 amide bonds. The van der Waals surface area contributed by atoms with Crippen molar-refractivity contribution in [2.75, 3.05) is 26.1 Å². The van der Waals surface area contributed by atoms with Crippen molar-refractivity contribution in [3.63, 3.8) is 0 Å². The summed E-state index contributed by atoms with van der Waals surface area (Å²) in [5.41, 5.74) is 0.267. The van der Waals surface area contributed by atoms with Crippen molar-refractivity contribution in [2.24, 2.45) is 5.41 Å². The van der Waals surface area contributed by atoms with Crippen LogP contribution >= 0.6 is 11.6 Å². The molecule has 0 saturated heterocycles. The maximum atomic E-state index is 6.05. The van der Waals surface area contributed by atoms with Gasteiger partial charge in [0.2, 0.25) is 0 Å². The van der Waals surface area contributed by atoms with Gasteiger partial charge in [0.15, 0.2) is 0 Å². The third kappa shape index (κ3) is 5.74. The molecule has 1 unspecified atom stereocenters. The predicted octanol–water partition coefficient (Wildman–Crippen LogP) is 3.05. The van der Waals surface area contributed by atoms with Crippen LogP contribution in [0.4, 0.5) is 0 Å². The minimum atomic E-state index is 0.267. The lowest BCUT2D eigenvalue weighted by molar-refractivity contribution is 0.180. The second kappa shape index (κ2) is 8.37. The van der Waals surface area contributed by atoms with Crippen LogP contribution < -0.4 is 5.32 Å². The summed E-state index contributed by atoms with van der Waals surface area (Å²) in [6.45, 7) is 8.46. The van der Waals surface area contributed by atoms with E-state index in [1.54, 1.807) is 7.11 Å². The maximum Gasteiger partial charge on any atom is 0.0476 e. The minimum Gasteiger partial charge on any atom is -0.385 e. The zero-order valence-corrected chi connectivity index (χ0v) is 11.4. The van der Waals surface area contributed by atoms with Gasteiger partial charge in [-0.05, 0) is 31.6 Å². The SMILES string of the molecule is CCC(CC)(CCl)CNC(C)CCOC. The molecule has 1 N–H and O–H groups in total. The summed E-state index contributed by atoms with van der Waals surface area (Å²) in [6, 6.07) is 0.505. The van der Waals surface area contributed by atoms with E-state index in [9.17, 15) is 0 Å². The molecule has 0 aliphatic rings. The predicted molar refractivity (Wildman–Crippen MR) is 67.7 cm³/mol. The van der Waals surface area contributed by atoms with Crippen LogP contribution in [0.5, 0.6) is 0 Å². The van der Waals surface area contributed by atoms with Crippen LogP contribution in [0, 0.1) is 5.41 Å². The van der Waals surface area contributed by atoms with E-state index in [4.69, 9.17) is 16.3 Å². The first-order valence-electron chi connectivity index (χ1n) is 5.92. The molecule has 0 saturated carbocycles. The number of alkyl halides is 1. The molecule has 0 aromatic carbocycles. The molecule has 0 radical (unpaired) electrons. The van der Waals surface area contributed by atoms with Gasteiger partial charge in [0, 0.05) is 32.2 Å². The van der Waals surface area contributed by atoms with Crippen molar-refractivity contribution >= 4 is 11.6 Å². The first-order chi connectivity index (χ1) is 7.14. The molecule has 0 bridgehead atoms. The monoisotopic (exact) mass is 235 g/mol. The fourth-order valence-electron chi connectivity index (χ4n) is 1.52. The summed E-state index contributed by atoms with van der Waals surface area (Å²) in [6.07, 6.45) is 3.33. The Morgan fingerprint density at radius 1 is 1.33 bits per heavy atom. The lowest BCUT2D eigenvalue weighted by atomic mass is 9.84. The zero-order valence-electron chi connectivity index (χ0n) is 10.6. The number of rotatable bonds is 9. The highest BCUT2D eigenvalue weighted by Crippen LogP contribution is 2.27. The van der Waals surface area contributed by atoms with Gasteiger partial charge in [0.1, 0.15) is 0 Å². The van der Waals surface area contributed by atoms with E-state index in [-0.39, 0.29) is 5.41 Å². The maximum absolute atomic E-state index is 6.05. The molecule has 0 rings (SSSR count). The number of hydrogen-bond acceptors (Lipinski definition) is 2. The second-order valence-electron chi connectivity index (χ2n) is 4.40. The molecule has 0 heterocycles. The molecule has 0 aromatic heterocycles. The molecular formula is C12H26ClNO. The van der Waals surface area contributed by atoms with Gasteiger partial charge in [-0.2, -0.15) is 0 Å². The van der Waals surface area contributed by atoms with Crippen molar-refractivity contribution in [1.29, 1.82) is 0 Å². The smallest absolute Gasteiger partial charge is 0.0476 e. The van der Waals surface area contributed by atoms with E-state index in [1.165, 1.54) is 0 Å². The Hall–Kier alpha value is 0.210. The van der Waals surface area contributed by atoms with Gasteiger partial charge in [-0.15, -0.1) is 11.6 Å². The van der Waals surface area contributed by atoms with Gasteiger partial charge in [0.05, 0.1) is 0 Å². The van der Waals surface area contributed by atoms with Crippen LogP contribution in [-0.2, 0) is 4.74 Å². The molecule has 0 aliphatic carbocycles. The number of nitrogens with one attached hydrogen (secondary N) is 1. The molecule has 15 heavy (non-hydrogen) atoms. The third-order valence-corrected chi connectivity index (χ3v) is 3.93. The molecule has 92 valence electrons. The first kappa shape index (κ1) is 15.2. The van der Waals surface area contributed by atoms with E-state index in [1.807, 2.05) is 0 Å². The van der Waals surface area contributed by atoms with Gasteiger partial charge in [-0.25, -0.2) is 0 Å². The molecule has 2 nitrogen and oxygen atoms in total. The summed E-state index contributed by atoms with van der Waals surface area (Å²) in [7, 11) is 1.74. The molecular weight excluding hydrogens is 210 g/mol. The van der Waals surface area contributed by atoms with Gasteiger partial charge >= 0.3 is 0 Å². The normalized spacial score (nSPS) is 14.2. The van der Waals surface area contributed by atoms with E-state index >= 15 is 0 Å². The number of halogens is 1. The molecule has 3 heteroatoms. The largest absolute Gasteiger partial charge is 0.385 e. The van der Waals surface area contributed by atoms with Crippen molar-refractivity contribution in [1.82, 2.24) is 5.32 Å². The lowest BCUT2D eigenvalue weighted by Crippen LogP contribution is -2.39. The van der Waals surface area contributed by atoms with Gasteiger partial charge in [-0.3, -0.25) is 0 Å². The van der Waals surface area contributed by atoms with E-state index < -0.39 is 0 Å². The molecule has 0 fully saturated rings. The fourth-order valence-corrected chi connectivity index (χ4v) is 2.00. The Balaban J connectivity index is 3.88. The number of ether oxygens (including phenoxy) is 1. The Morgan fingerprint density at radius 3 is 2.33 bits per heavy atom. The number of hydrogen-bond donors (Lipinski definition) is 1. The fraction of sp³-hybridized carbons (Fsp3) is 1.00. The topological polar surface area (TPSA) is 21.3 Å². The summed E-state index contributed by atoms with van der Waals surface area (Å²) >= 11 is 6.05. The third-order valence-electron chi connectivity index (χ3n) is 3.36. The van der Waals surface area contributed by atoms with Crippen molar-refractivity contribution in [3.05, 3.63) is 0 Å². The minimum absolute atomic E-state index is 0.267. The Kier molecular flexibility index (Phi) is 8.49. The summed E-state index contributed by atoms with van der Waals surface area (Å²) in [5.74, 6) is 0.740. The highest BCUT2D eigenvalue weighted by atomic mass is 35.5. The van der Waals surface area contributed by atoms with Gasteiger partial charge in [0.25, 0.3) is 0 Å². The van der Waals surface area contributed by atoms with Crippen LogP contribution in [0.25, 0.3) is 0 Å². The summed E-state index contributed by atoms with van der Waals surface area (Å²) < 4.78 is 5.06. The molecule has 0 spiro atoms. The van der Waals surface area contributed by atoms with Crippen LogP contribution in [0.15, 0.2) is 0 Å². The zero-order chi connectivity index (χ0) is 11.7. The molecule has 1 atom stereocenters. The van der Waals surface area contributed by atoms with Gasteiger partial charge < -0.3 is 10.1 Å². The van der Waals surface area contributed by atoms with Gasteiger partial charge in [-0.1, -0.05) is 13.8 Å². The Morgan fingerprint density at radius 2 is 1.93 bits per heavy atom. The average molecular weight is 236 g/mol. The van der Waals surface area contributed by atoms with Crippen LogP contribution in [0.3, 0.4) is 0 Å². The van der Waals surface area contributed by atoms with E-state index in [2.05, 4.69) is 26.1 Å². The van der Waals surface area contributed by atoms with Crippen molar-refractivity contribution in [2.45, 2.75) is 46.1 Å². The average Bonchev–Trinajstić information content (AvgIpc) is 2.29. The molecule has 0 aromatic rings.